The molecule has 0 aromatic rings. The van der Waals surface area contributed by atoms with E-state index in [9.17, 15) is 0 Å². The molecule has 0 saturated carbocycles. The minimum Gasteiger partial charge on any atom is -0.332 e. The summed E-state index contributed by atoms with van der Waals surface area (Å²) >= 11 is 0. The number of nitrogens with one attached hydrogen (secondary N) is 1. The van der Waals surface area contributed by atoms with Crippen LogP contribution in [0.4, 0.5) is 0 Å². The molecule has 0 radical (unpaired) electrons. The fraction of sp³-hybridized carbons (Fsp3) is 0.462. The van der Waals surface area contributed by atoms with Crippen LogP contribution in [0, 0.1) is 5.92 Å². The number of fused-ring (bicyclic) bond motifs is 1. The Balaban J connectivity index is 1.81. The second kappa shape index (κ2) is 4.26. The fourth-order valence-corrected chi connectivity index (χ4v) is 2.53. The highest BCUT2D eigenvalue weighted by atomic mass is 15.0. The number of nitrogens with zero attached hydrogens (tertiary/aromatic N) is 2. The molecule has 0 aliphatic carbocycles. The highest BCUT2D eigenvalue weighted by molar-refractivity contribution is 5.56. The van der Waals surface area contributed by atoms with Gasteiger partial charge in [0.05, 0.1) is 0 Å². The minimum atomic E-state index is 0.751. The number of hydrogen-bond donors (Lipinski definition) is 1. The third-order valence-electron chi connectivity index (χ3n) is 3.38. The van der Waals surface area contributed by atoms with Crippen molar-refractivity contribution in [2.45, 2.75) is 19.4 Å². The predicted octanol–water partition coefficient (Wildman–Crippen LogP) is 1.99. The summed E-state index contributed by atoms with van der Waals surface area (Å²) in [7, 11) is 0. The topological polar surface area (TPSA) is 29.9 Å². The molecule has 3 heteroatoms. The smallest absolute Gasteiger partial charge is 0.139 e. The van der Waals surface area contributed by atoms with Crippen molar-refractivity contribution < 1.29 is 0 Å². The third kappa shape index (κ3) is 1.83. The van der Waals surface area contributed by atoms with Crippen molar-refractivity contribution in [2.75, 3.05) is 13.1 Å². The summed E-state index contributed by atoms with van der Waals surface area (Å²) < 4.78 is 2.28. The van der Waals surface area contributed by atoms with Gasteiger partial charge in [0, 0.05) is 24.5 Å². The van der Waals surface area contributed by atoms with E-state index < -0.39 is 0 Å². The first-order valence-electron chi connectivity index (χ1n) is 6.04. The second-order valence-corrected chi connectivity index (χ2v) is 4.60. The lowest BCUT2D eigenvalue weighted by Gasteiger charge is -2.24. The molecule has 3 rings (SSSR count). The summed E-state index contributed by atoms with van der Waals surface area (Å²) in [6.45, 7) is 3.41. The second-order valence-electron chi connectivity index (χ2n) is 4.60. The number of pyridine rings is 1. The first kappa shape index (κ1) is 9.85. The zero-order valence-corrected chi connectivity index (χ0v) is 9.39. The zero-order valence-electron chi connectivity index (χ0n) is 9.39. The van der Waals surface area contributed by atoms with Crippen LogP contribution in [-0.4, -0.2) is 22.6 Å². The lowest BCUT2D eigenvalue weighted by atomic mass is 9.99. The van der Waals surface area contributed by atoms with E-state index in [0.29, 0.717) is 0 Å². The molecule has 0 aromatic carbocycles. The van der Waals surface area contributed by atoms with Crippen LogP contribution >= 0.6 is 0 Å². The Hall–Kier alpha value is -1.35. The van der Waals surface area contributed by atoms with Crippen LogP contribution in [0.2, 0.25) is 0 Å². The monoisotopic (exact) mass is 215 g/mol. The Labute approximate surface area is 95.8 Å². The van der Waals surface area contributed by atoms with Crippen LogP contribution in [0.1, 0.15) is 12.8 Å². The number of aromatic nitrogens is 2. The molecule has 3 heterocycles. The summed E-state index contributed by atoms with van der Waals surface area (Å²) in [6.07, 6.45) is 6.66. The fourth-order valence-electron chi connectivity index (χ4n) is 2.53. The average Bonchev–Trinajstić information content (AvgIpc) is 2.80. The van der Waals surface area contributed by atoms with Gasteiger partial charge in [0.1, 0.15) is 5.82 Å². The molecule has 1 fully saturated rings. The van der Waals surface area contributed by atoms with Gasteiger partial charge in [-0.05, 0) is 50.0 Å². The van der Waals surface area contributed by atoms with Crippen molar-refractivity contribution in [3.63, 3.8) is 0 Å². The predicted molar refractivity (Wildman–Crippen MR) is 64.4 cm³/mol. The Morgan fingerprint density at radius 2 is 2.44 bits per heavy atom. The minimum absolute atomic E-state index is 0.751. The lowest BCUT2D eigenvalue weighted by Crippen LogP contribution is -2.32. The molecule has 0 aromatic heterocycles. The number of piperidine rings is 1. The van der Waals surface area contributed by atoms with Gasteiger partial charge in [0.2, 0.25) is 0 Å². The van der Waals surface area contributed by atoms with Crippen LogP contribution < -0.4 is 5.32 Å². The maximum atomic E-state index is 4.43. The summed E-state index contributed by atoms with van der Waals surface area (Å²) in [6, 6.07) is 6.31. The summed E-state index contributed by atoms with van der Waals surface area (Å²) in [5.41, 5.74) is 1.24. The van der Waals surface area contributed by atoms with E-state index in [2.05, 4.69) is 39.3 Å². The quantitative estimate of drug-likeness (QED) is 0.830. The molecule has 0 spiro atoms. The van der Waals surface area contributed by atoms with Gasteiger partial charge in [-0.2, -0.15) is 0 Å². The van der Waals surface area contributed by atoms with Crippen molar-refractivity contribution in [1.29, 1.82) is 0 Å². The standard InChI is InChI=1S/C13H17N3/c1-3-11(9-14-6-1)10-16-8-2-4-12-5-7-15-13(12)16/h2,4-5,7-8,11,14H,1,3,6,9-10H2/t11-/m1/s1. The molecule has 1 saturated heterocycles. The van der Waals surface area contributed by atoms with E-state index in [-0.39, 0.29) is 0 Å². The van der Waals surface area contributed by atoms with Gasteiger partial charge in [-0.3, -0.25) is 0 Å². The number of hydrogen-bond acceptors (Lipinski definition) is 2. The molecule has 1 N–H and O–H groups in total. The summed E-state index contributed by atoms with van der Waals surface area (Å²) in [4.78, 5) is 4.43. The zero-order chi connectivity index (χ0) is 10.8. The number of rotatable bonds is 2. The third-order valence-corrected chi connectivity index (χ3v) is 3.38. The van der Waals surface area contributed by atoms with Gasteiger partial charge in [0.25, 0.3) is 0 Å². The van der Waals surface area contributed by atoms with E-state index in [1.54, 1.807) is 0 Å². The van der Waals surface area contributed by atoms with E-state index in [1.165, 1.54) is 24.9 Å². The SMILES string of the molecule is c1cc2ccnc-2n(C[C@@H]2CCCNC2)c1. The van der Waals surface area contributed by atoms with E-state index in [1.807, 2.05) is 6.20 Å². The molecule has 84 valence electrons. The van der Waals surface area contributed by atoms with Crippen molar-refractivity contribution in [3.05, 3.63) is 30.6 Å². The summed E-state index contributed by atoms with van der Waals surface area (Å²) in [5.74, 6) is 1.87. The van der Waals surface area contributed by atoms with Crippen LogP contribution in [0.25, 0.3) is 11.4 Å². The largest absolute Gasteiger partial charge is 0.332 e. The molecule has 0 unspecified atom stereocenters. The molecule has 0 bridgehead atoms. The first-order valence-corrected chi connectivity index (χ1v) is 6.04. The maximum Gasteiger partial charge on any atom is 0.139 e. The van der Waals surface area contributed by atoms with Gasteiger partial charge < -0.3 is 9.88 Å². The molecular formula is C13H17N3. The normalized spacial score (nSPS) is 21.4. The molecule has 3 aliphatic heterocycles. The van der Waals surface area contributed by atoms with Crippen LogP contribution in [0.3, 0.4) is 0 Å². The Morgan fingerprint density at radius 3 is 3.31 bits per heavy atom. The van der Waals surface area contributed by atoms with Crippen LogP contribution in [-0.2, 0) is 6.54 Å². The van der Waals surface area contributed by atoms with E-state index in [4.69, 9.17) is 0 Å². The van der Waals surface area contributed by atoms with Crippen molar-refractivity contribution in [3.8, 4) is 11.4 Å². The first-order chi connectivity index (χ1) is 7.93. The highest BCUT2D eigenvalue weighted by Gasteiger charge is 2.15. The van der Waals surface area contributed by atoms with Gasteiger partial charge in [-0.1, -0.05) is 0 Å². The van der Waals surface area contributed by atoms with Crippen LogP contribution in [0.15, 0.2) is 30.6 Å². The Morgan fingerprint density at radius 1 is 1.44 bits per heavy atom. The van der Waals surface area contributed by atoms with Gasteiger partial charge in [-0.25, -0.2) is 4.98 Å². The average molecular weight is 215 g/mol. The molecule has 16 heavy (non-hydrogen) atoms. The highest BCUT2D eigenvalue weighted by Crippen LogP contribution is 2.21. The van der Waals surface area contributed by atoms with Crippen molar-refractivity contribution in [1.82, 2.24) is 14.9 Å². The molecular weight excluding hydrogens is 198 g/mol. The molecule has 3 nitrogen and oxygen atoms in total. The van der Waals surface area contributed by atoms with Crippen molar-refractivity contribution in [2.24, 2.45) is 5.92 Å². The molecule has 0 amide bonds. The Kier molecular flexibility index (Phi) is 2.62. The molecule has 1 atom stereocenters. The lowest BCUT2D eigenvalue weighted by molar-refractivity contribution is 0.337. The summed E-state index contributed by atoms with van der Waals surface area (Å²) in [5, 5.41) is 3.46. The van der Waals surface area contributed by atoms with Gasteiger partial charge in [0.15, 0.2) is 0 Å². The van der Waals surface area contributed by atoms with Crippen molar-refractivity contribution >= 4 is 0 Å². The van der Waals surface area contributed by atoms with Gasteiger partial charge >= 0.3 is 0 Å². The molecule has 3 aliphatic rings. The van der Waals surface area contributed by atoms with E-state index in [0.717, 1.165) is 24.8 Å². The Bertz CT molecular complexity index is 429. The van der Waals surface area contributed by atoms with E-state index >= 15 is 0 Å². The van der Waals surface area contributed by atoms with Crippen LogP contribution in [0.5, 0.6) is 0 Å². The van der Waals surface area contributed by atoms with Gasteiger partial charge in [-0.15, -0.1) is 0 Å². The maximum absolute atomic E-state index is 4.43.